The summed E-state index contributed by atoms with van der Waals surface area (Å²) < 4.78 is 1.73. The van der Waals surface area contributed by atoms with Gasteiger partial charge in [0, 0.05) is 6.20 Å². The molecule has 1 heterocycles. The summed E-state index contributed by atoms with van der Waals surface area (Å²) in [6, 6.07) is 2.12. The number of fused-ring (bicyclic) bond motifs is 5. The minimum atomic E-state index is -0.448. The van der Waals surface area contributed by atoms with Crippen molar-refractivity contribution >= 4 is 0 Å². The van der Waals surface area contributed by atoms with Crippen molar-refractivity contribution in [1.82, 2.24) is 9.78 Å². The Bertz CT molecular complexity index is 811. The number of aliphatic hydroxyl groups is 2. The number of aliphatic hydroxyl groups excluding tert-OH is 1. The van der Waals surface area contributed by atoms with E-state index in [-0.39, 0.29) is 5.41 Å². The lowest BCUT2D eigenvalue weighted by molar-refractivity contribution is -0.0913. The van der Waals surface area contributed by atoms with Crippen LogP contribution in [-0.2, 0) is 6.54 Å². The van der Waals surface area contributed by atoms with E-state index < -0.39 is 11.7 Å². The second kappa shape index (κ2) is 6.82. The van der Waals surface area contributed by atoms with Crippen molar-refractivity contribution in [2.75, 3.05) is 0 Å². The number of rotatable bonds is 3. The van der Waals surface area contributed by atoms with E-state index >= 15 is 0 Å². The van der Waals surface area contributed by atoms with Crippen LogP contribution in [0.3, 0.4) is 0 Å². The molecule has 1 aromatic rings. The van der Waals surface area contributed by atoms with Gasteiger partial charge in [0.2, 0.25) is 0 Å². The van der Waals surface area contributed by atoms with E-state index in [1.165, 1.54) is 38.5 Å². The van der Waals surface area contributed by atoms with Gasteiger partial charge in [0.1, 0.15) is 6.07 Å². The smallest absolute Gasteiger partial charge is 0.102 e. The maximum atomic E-state index is 11.1. The third-order valence-electron chi connectivity index (χ3n) is 9.83. The van der Waals surface area contributed by atoms with E-state index in [1.54, 1.807) is 17.1 Å². The fraction of sp³-hybridized carbons (Fsp3) is 0.833. The maximum Gasteiger partial charge on any atom is 0.102 e. The van der Waals surface area contributed by atoms with Gasteiger partial charge in [-0.2, -0.15) is 10.4 Å². The molecule has 1 aromatic heterocycles. The fourth-order valence-corrected chi connectivity index (χ4v) is 8.49. The molecule has 0 spiro atoms. The molecular formula is C24H35N3O2. The average Bonchev–Trinajstić information content (AvgIpc) is 3.36. The van der Waals surface area contributed by atoms with Crippen LogP contribution in [0, 0.1) is 52.3 Å². The molecule has 0 aromatic carbocycles. The summed E-state index contributed by atoms with van der Waals surface area (Å²) in [6.45, 7) is 4.99. The molecule has 4 aliphatic carbocycles. The quantitative estimate of drug-likeness (QED) is 0.814. The van der Waals surface area contributed by atoms with Gasteiger partial charge in [0.05, 0.1) is 30.0 Å². The van der Waals surface area contributed by atoms with Gasteiger partial charge in [0.15, 0.2) is 0 Å². The molecule has 0 saturated heterocycles. The van der Waals surface area contributed by atoms with Gasteiger partial charge in [-0.05, 0) is 99.2 Å². The molecular weight excluding hydrogens is 362 g/mol. The third-order valence-corrected chi connectivity index (χ3v) is 9.83. The van der Waals surface area contributed by atoms with E-state index in [2.05, 4.69) is 25.0 Å². The van der Waals surface area contributed by atoms with Crippen LogP contribution in [0.15, 0.2) is 12.4 Å². The van der Waals surface area contributed by atoms with Crippen molar-refractivity contribution in [3.63, 3.8) is 0 Å². The first-order valence-corrected chi connectivity index (χ1v) is 11.7. The largest absolute Gasteiger partial charge is 0.391 e. The lowest BCUT2D eigenvalue weighted by Gasteiger charge is -2.55. The second-order valence-electron chi connectivity index (χ2n) is 11.0. The van der Waals surface area contributed by atoms with Crippen LogP contribution in [0.4, 0.5) is 0 Å². The third kappa shape index (κ3) is 2.98. The van der Waals surface area contributed by atoms with Gasteiger partial charge < -0.3 is 10.2 Å². The van der Waals surface area contributed by atoms with Crippen LogP contribution in [0.1, 0.15) is 70.8 Å². The Labute approximate surface area is 174 Å². The highest BCUT2D eigenvalue weighted by molar-refractivity contribution is 5.21. The topological polar surface area (TPSA) is 82.1 Å². The highest BCUT2D eigenvalue weighted by Crippen LogP contribution is 2.66. The van der Waals surface area contributed by atoms with Crippen LogP contribution in [-0.4, -0.2) is 31.7 Å². The van der Waals surface area contributed by atoms with Crippen LogP contribution < -0.4 is 0 Å². The average molecular weight is 398 g/mol. The summed E-state index contributed by atoms with van der Waals surface area (Å²) >= 11 is 0. The van der Waals surface area contributed by atoms with E-state index in [0.717, 1.165) is 24.7 Å². The first-order valence-electron chi connectivity index (χ1n) is 11.7. The molecule has 2 N–H and O–H groups in total. The Balaban J connectivity index is 1.32. The summed E-state index contributed by atoms with van der Waals surface area (Å²) in [6.07, 6.45) is 12.3. The lowest BCUT2D eigenvalue weighted by atomic mass is 9.51. The van der Waals surface area contributed by atoms with Crippen LogP contribution in [0.2, 0.25) is 0 Å². The van der Waals surface area contributed by atoms with Crippen molar-refractivity contribution in [2.45, 2.75) is 83.5 Å². The molecule has 0 radical (unpaired) electrons. The Kier molecular flexibility index (Phi) is 4.60. The van der Waals surface area contributed by atoms with Gasteiger partial charge >= 0.3 is 0 Å². The molecule has 3 unspecified atom stereocenters. The zero-order valence-electron chi connectivity index (χ0n) is 17.8. The highest BCUT2D eigenvalue weighted by atomic mass is 16.3. The maximum absolute atomic E-state index is 11.1. The van der Waals surface area contributed by atoms with Gasteiger partial charge in [-0.15, -0.1) is 0 Å². The van der Waals surface area contributed by atoms with Crippen LogP contribution in [0.25, 0.3) is 0 Å². The number of nitrogens with zero attached hydrogens (tertiary/aromatic N) is 3. The molecule has 4 fully saturated rings. The van der Waals surface area contributed by atoms with Crippen molar-refractivity contribution in [2.24, 2.45) is 40.9 Å². The molecule has 5 nitrogen and oxygen atoms in total. The standard InChI is InChI=1S/C24H35N3O2/c1-23-9-7-16-17(3-4-20-18(16)8-10-24(20,2)29)19(23)5-6-21(23)22(28)14-27-13-15(11-25)12-26-27/h12-13,16-22,28-29H,3-10,14H2,1-2H3/t16-,17?,18?,19-,20+,21+,22?,23-,24-/m0/s1. The Hall–Kier alpha value is -1.38. The van der Waals surface area contributed by atoms with Gasteiger partial charge in [0.25, 0.3) is 0 Å². The monoisotopic (exact) mass is 397 g/mol. The Morgan fingerprint density at radius 3 is 2.59 bits per heavy atom. The van der Waals surface area contributed by atoms with Crippen molar-refractivity contribution in [3.8, 4) is 6.07 Å². The molecule has 5 heteroatoms. The number of hydrogen-bond donors (Lipinski definition) is 2. The van der Waals surface area contributed by atoms with Crippen molar-refractivity contribution in [3.05, 3.63) is 18.0 Å². The zero-order chi connectivity index (χ0) is 20.4. The minimum Gasteiger partial charge on any atom is -0.391 e. The highest BCUT2D eigenvalue weighted by Gasteiger charge is 2.60. The van der Waals surface area contributed by atoms with Crippen LogP contribution >= 0.6 is 0 Å². The molecule has 0 aliphatic heterocycles. The zero-order valence-corrected chi connectivity index (χ0v) is 17.8. The fourth-order valence-electron chi connectivity index (χ4n) is 8.49. The number of aromatic nitrogens is 2. The predicted molar refractivity (Wildman–Crippen MR) is 110 cm³/mol. The lowest BCUT2D eigenvalue weighted by Crippen LogP contribution is -2.50. The van der Waals surface area contributed by atoms with Gasteiger partial charge in [-0.3, -0.25) is 4.68 Å². The molecule has 9 atom stereocenters. The van der Waals surface area contributed by atoms with E-state index in [9.17, 15) is 10.2 Å². The summed E-state index contributed by atoms with van der Waals surface area (Å²) in [5.74, 6) is 3.79. The summed E-state index contributed by atoms with van der Waals surface area (Å²) in [4.78, 5) is 0. The molecule has 0 bridgehead atoms. The molecule has 158 valence electrons. The molecule has 5 rings (SSSR count). The minimum absolute atomic E-state index is 0.208. The van der Waals surface area contributed by atoms with Gasteiger partial charge in [-0.1, -0.05) is 6.92 Å². The second-order valence-corrected chi connectivity index (χ2v) is 11.0. The summed E-state index contributed by atoms with van der Waals surface area (Å²) in [5.41, 5.74) is 0.314. The normalized spacial score (nSPS) is 47.1. The predicted octanol–water partition coefficient (Wildman–Crippen LogP) is 3.75. The Morgan fingerprint density at radius 1 is 1.10 bits per heavy atom. The molecule has 4 aliphatic rings. The first-order chi connectivity index (χ1) is 13.8. The molecule has 29 heavy (non-hydrogen) atoms. The van der Waals surface area contributed by atoms with Crippen molar-refractivity contribution < 1.29 is 10.2 Å². The molecule has 0 amide bonds. The van der Waals surface area contributed by atoms with E-state index in [0.29, 0.717) is 35.8 Å². The van der Waals surface area contributed by atoms with Crippen molar-refractivity contribution in [1.29, 1.82) is 5.26 Å². The van der Waals surface area contributed by atoms with E-state index in [1.807, 2.05) is 0 Å². The van der Waals surface area contributed by atoms with Gasteiger partial charge in [-0.25, -0.2) is 0 Å². The van der Waals surface area contributed by atoms with E-state index in [4.69, 9.17) is 5.26 Å². The molecule has 4 saturated carbocycles. The number of nitriles is 1. The SMILES string of the molecule is C[C@]12CC[C@@H]3C4CC[C@](C)(O)[C@@H]4CCC3[C@@H]1CC[C@@H]2C(O)Cn1cc(C#N)cn1. The number of hydrogen-bond acceptors (Lipinski definition) is 4. The summed E-state index contributed by atoms with van der Waals surface area (Å²) in [5, 5.41) is 35.2. The van der Waals surface area contributed by atoms with Crippen LogP contribution in [0.5, 0.6) is 0 Å². The Morgan fingerprint density at radius 2 is 1.83 bits per heavy atom. The first kappa shape index (κ1) is 19.6. The summed E-state index contributed by atoms with van der Waals surface area (Å²) in [7, 11) is 0.